The minimum Gasteiger partial charge on any atom is -0.494 e. The largest absolute Gasteiger partial charge is 0.494 e. The highest BCUT2D eigenvalue weighted by Gasteiger charge is 2.15. The van der Waals surface area contributed by atoms with Crippen LogP contribution in [0.2, 0.25) is 0 Å². The summed E-state index contributed by atoms with van der Waals surface area (Å²) in [6.45, 7) is 8.55. The summed E-state index contributed by atoms with van der Waals surface area (Å²) in [5.41, 5.74) is 0.771. The minimum atomic E-state index is 0.181. The van der Waals surface area contributed by atoms with Crippen LogP contribution in [0.25, 0.3) is 0 Å². The second kappa shape index (κ2) is 8.18. The molecule has 0 amide bonds. The smallest absolute Gasteiger partial charge is 0.162 e. The molecule has 1 aromatic rings. The molecule has 1 aromatic carbocycles. The van der Waals surface area contributed by atoms with Crippen LogP contribution in [0.1, 0.15) is 49.9 Å². The summed E-state index contributed by atoms with van der Waals surface area (Å²) in [5, 5.41) is 0. The number of nitrogens with zero attached hydrogens (tertiary/aromatic N) is 1. The van der Waals surface area contributed by atoms with Crippen molar-refractivity contribution in [2.45, 2.75) is 39.5 Å². The molecule has 0 saturated carbocycles. The van der Waals surface area contributed by atoms with Gasteiger partial charge >= 0.3 is 0 Å². The molecule has 0 bridgehead atoms. The molecule has 1 saturated heterocycles. The van der Waals surface area contributed by atoms with Gasteiger partial charge in [0.05, 0.1) is 6.61 Å². The van der Waals surface area contributed by atoms with Gasteiger partial charge in [0.25, 0.3) is 0 Å². The molecule has 1 atom stereocenters. The Morgan fingerprint density at radius 2 is 2.10 bits per heavy atom. The number of carbonyl (C=O) groups is 1. The Balaban J connectivity index is 1.67. The highest BCUT2D eigenvalue weighted by molar-refractivity contribution is 5.95. The normalized spacial score (nSPS) is 19.4. The SMILES string of the molecule is CCC(=O)c1ccc(OCCCN2CCCC(C)C2)cc1. The van der Waals surface area contributed by atoms with Crippen molar-refractivity contribution in [3.8, 4) is 5.75 Å². The van der Waals surface area contributed by atoms with Crippen LogP contribution in [0.5, 0.6) is 5.75 Å². The third-order valence-electron chi connectivity index (χ3n) is 4.13. The topological polar surface area (TPSA) is 29.5 Å². The van der Waals surface area contributed by atoms with E-state index in [-0.39, 0.29) is 5.78 Å². The van der Waals surface area contributed by atoms with Gasteiger partial charge in [0, 0.05) is 25.1 Å². The Bertz CT molecular complexity index is 441. The summed E-state index contributed by atoms with van der Waals surface area (Å²) < 4.78 is 5.75. The van der Waals surface area contributed by atoms with E-state index in [0.29, 0.717) is 6.42 Å². The first-order chi connectivity index (χ1) is 10.2. The second-order valence-corrected chi connectivity index (χ2v) is 6.05. The molecule has 0 radical (unpaired) electrons. The van der Waals surface area contributed by atoms with Gasteiger partial charge in [0.2, 0.25) is 0 Å². The Morgan fingerprint density at radius 1 is 1.33 bits per heavy atom. The van der Waals surface area contributed by atoms with Crippen LogP contribution < -0.4 is 4.74 Å². The second-order valence-electron chi connectivity index (χ2n) is 6.05. The van der Waals surface area contributed by atoms with E-state index in [1.165, 1.54) is 25.9 Å². The number of ketones is 1. The van der Waals surface area contributed by atoms with Gasteiger partial charge in [-0.2, -0.15) is 0 Å². The van der Waals surface area contributed by atoms with Crippen molar-refractivity contribution in [1.29, 1.82) is 0 Å². The van der Waals surface area contributed by atoms with Gasteiger partial charge in [-0.1, -0.05) is 13.8 Å². The molecular weight excluding hydrogens is 262 g/mol. The molecule has 1 fully saturated rings. The maximum Gasteiger partial charge on any atom is 0.162 e. The molecule has 3 heteroatoms. The molecule has 1 aliphatic rings. The van der Waals surface area contributed by atoms with Crippen molar-refractivity contribution in [1.82, 2.24) is 4.90 Å². The lowest BCUT2D eigenvalue weighted by molar-refractivity contribution is 0.0988. The van der Waals surface area contributed by atoms with Crippen molar-refractivity contribution in [3.05, 3.63) is 29.8 Å². The molecule has 3 nitrogen and oxygen atoms in total. The van der Waals surface area contributed by atoms with Crippen LogP contribution >= 0.6 is 0 Å². The van der Waals surface area contributed by atoms with Gasteiger partial charge in [0.1, 0.15) is 5.75 Å². The van der Waals surface area contributed by atoms with Gasteiger partial charge in [0.15, 0.2) is 5.78 Å². The van der Waals surface area contributed by atoms with Crippen LogP contribution in [-0.4, -0.2) is 36.9 Å². The number of hydrogen-bond acceptors (Lipinski definition) is 3. The van der Waals surface area contributed by atoms with E-state index >= 15 is 0 Å². The molecule has 21 heavy (non-hydrogen) atoms. The predicted octanol–water partition coefficient (Wildman–Crippen LogP) is 3.78. The van der Waals surface area contributed by atoms with E-state index < -0.39 is 0 Å². The van der Waals surface area contributed by atoms with Gasteiger partial charge in [-0.25, -0.2) is 0 Å². The molecule has 2 rings (SSSR count). The maximum absolute atomic E-state index is 11.5. The number of likely N-dealkylation sites (tertiary alicyclic amines) is 1. The predicted molar refractivity (Wildman–Crippen MR) is 86.0 cm³/mol. The summed E-state index contributed by atoms with van der Waals surface area (Å²) in [4.78, 5) is 14.1. The third-order valence-corrected chi connectivity index (χ3v) is 4.13. The van der Waals surface area contributed by atoms with Gasteiger partial charge in [-0.05, 0) is 56.0 Å². The first kappa shape index (κ1) is 16.0. The van der Waals surface area contributed by atoms with Crippen molar-refractivity contribution in [2.24, 2.45) is 5.92 Å². The Kier molecular flexibility index (Phi) is 6.24. The van der Waals surface area contributed by atoms with E-state index in [4.69, 9.17) is 4.74 Å². The van der Waals surface area contributed by atoms with Crippen LogP contribution in [0.15, 0.2) is 24.3 Å². The Morgan fingerprint density at radius 3 is 2.76 bits per heavy atom. The molecule has 0 aliphatic carbocycles. The van der Waals surface area contributed by atoms with E-state index in [1.54, 1.807) is 0 Å². The van der Waals surface area contributed by atoms with Gasteiger partial charge in [-0.3, -0.25) is 4.79 Å². The van der Waals surface area contributed by atoms with E-state index in [9.17, 15) is 4.79 Å². The summed E-state index contributed by atoms with van der Waals surface area (Å²) in [5.74, 6) is 1.87. The minimum absolute atomic E-state index is 0.181. The summed E-state index contributed by atoms with van der Waals surface area (Å²) in [6, 6.07) is 7.50. The van der Waals surface area contributed by atoms with Crippen molar-refractivity contribution < 1.29 is 9.53 Å². The lowest BCUT2D eigenvalue weighted by Gasteiger charge is -2.30. The van der Waals surface area contributed by atoms with Crippen LogP contribution in [0.3, 0.4) is 0 Å². The fourth-order valence-corrected chi connectivity index (χ4v) is 2.91. The molecule has 0 spiro atoms. The highest BCUT2D eigenvalue weighted by atomic mass is 16.5. The molecule has 0 N–H and O–H groups in total. The van der Waals surface area contributed by atoms with Crippen LogP contribution in [-0.2, 0) is 0 Å². The molecule has 1 heterocycles. The average Bonchev–Trinajstić information content (AvgIpc) is 2.51. The number of hydrogen-bond donors (Lipinski definition) is 0. The summed E-state index contributed by atoms with van der Waals surface area (Å²) in [6.07, 6.45) is 4.31. The maximum atomic E-state index is 11.5. The standard InChI is InChI=1S/C18H27NO2/c1-3-18(20)16-7-9-17(10-8-16)21-13-5-12-19-11-4-6-15(2)14-19/h7-10,15H,3-6,11-14H2,1-2H3. The average molecular weight is 289 g/mol. The molecule has 116 valence electrons. The van der Waals surface area contributed by atoms with Crippen molar-refractivity contribution in [3.63, 3.8) is 0 Å². The zero-order valence-corrected chi connectivity index (χ0v) is 13.3. The zero-order chi connectivity index (χ0) is 15.1. The van der Waals surface area contributed by atoms with Crippen LogP contribution in [0, 0.1) is 5.92 Å². The van der Waals surface area contributed by atoms with E-state index in [1.807, 2.05) is 31.2 Å². The lowest BCUT2D eigenvalue weighted by Crippen LogP contribution is -2.35. The number of rotatable bonds is 7. The zero-order valence-electron chi connectivity index (χ0n) is 13.3. The number of piperidine rings is 1. The van der Waals surface area contributed by atoms with Crippen molar-refractivity contribution >= 4 is 5.78 Å². The van der Waals surface area contributed by atoms with E-state index in [2.05, 4.69) is 11.8 Å². The fourth-order valence-electron chi connectivity index (χ4n) is 2.91. The molecular formula is C18H27NO2. The summed E-state index contributed by atoms with van der Waals surface area (Å²) in [7, 11) is 0. The highest BCUT2D eigenvalue weighted by Crippen LogP contribution is 2.16. The Hall–Kier alpha value is -1.35. The first-order valence-electron chi connectivity index (χ1n) is 8.17. The van der Waals surface area contributed by atoms with Crippen LogP contribution in [0.4, 0.5) is 0 Å². The molecule has 1 aliphatic heterocycles. The van der Waals surface area contributed by atoms with Gasteiger partial charge < -0.3 is 9.64 Å². The van der Waals surface area contributed by atoms with E-state index in [0.717, 1.165) is 36.8 Å². The summed E-state index contributed by atoms with van der Waals surface area (Å²) >= 11 is 0. The number of ether oxygens (including phenoxy) is 1. The third kappa shape index (κ3) is 5.16. The number of benzene rings is 1. The first-order valence-corrected chi connectivity index (χ1v) is 8.17. The monoisotopic (exact) mass is 289 g/mol. The fraction of sp³-hybridized carbons (Fsp3) is 0.611. The molecule has 0 aromatic heterocycles. The number of Topliss-reactive ketones (excluding diaryl/α,β-unsaturated/α-hetero) is 1. The number of carbonyl (C=O) groups excluding carboxylic acids is 1. The van der Waals surface area contributed by atoms with Gasteiger partial charge in [-0.15, -0.1) is 0 Å². The Labute approximate surface area is 128 Å². The quantitative estimate of drug-likeness (QED) is 0.565. The molecule has 1 unspecified atom stereocenters. The van der Waals surface area contributed by atoms with Crippen molar-refractivity contribution in [2.75, 3.05) is 26.2 Å². The lowest BCUT2D eigenvalue weighted by atomic mass is 10.0.